The summed E-state index contributed by atoms with van der Waals surface area (Å²) in [4.78, 5) is 4.32. The first-order valence-corrected chi connectivity index (χ1v) is 6.06. The summed E-state index contributed by atoms with van der Waals surface area (Å²) >= 11 is 0. The smallest absolute Gasteiger partial charge is 0.327 e. The number of para-hydroxylation sites is 2. The first kappa shape index (κ1) is 12.7. The summed E-state index contributed by atoms with van der Waals surface area (Å²) in [5, 5.41) is 0. The van der Waals surface area contributed by atoms with E-state index in [2.05, 4.69) is 4.98 Å². The zero-order valence-corrected chi connectivity index (χ0v) is 10.6. The fraction of sp³-hybridized carbons (Fsp3) is 0.133. The normalized spacial score (nSPS) is 12.0. The summed E-state index contributed by atoms with van der Waals surface area (Å²) in [6.45, 7) is 0. The SMILES string of the molecule is Cn1c(-c2ccccc2C(F)(F)F)nc2ccccc21. The Morgan fingerprint density at radius 1 is 0.950 bits per heavy atom. The van der Waals surface area contributed by atoms with Crippen LogP contribution in [0, 0.1) is 0 Å². The van der Waals surface area contributed by atoms with E-state index in [1.165, 1.54) is 12.1 Å². The van der Waals surface area contributed by atoms with Crippen molar-refractivity contribution >= 4 is 11.0 Å². The van der Waals surface area contributed by atoms with Crippen molar-refractivity contribution in [3.63, 3.8) is 0 Å². The Kier molecular flexibility index (Phi) is 2.78. The van der Waals surface area contributed by atoms with E-state index in [1.807, 2.05) is 18.2 Å². The second kappa shape index (κ2) is 4.37. The molecule has 0 aliphatic heterocycles. The van der Waals surface area contributed by atoms with Gasteiger partial charge in [0.15, 0.2) is 0 Å². The fourth-order valence-corrected chi connectivity index (χ4v) is 2.31. The highest BCUT2D eigenvalue weighted by molar-refractivity contribution is 5.81. The van der Waals surface area contributed by atoms with E-state index < -0.39 is 11.7 Å². The zero-order valence-electron chi connectivity index (χ0n) is 10.6. The number of rotatable bonds is 1. The number of imidazole rings is 1. The lowest BCUT2D eigenvalue weighted by Gasteiger charge is -2.12. The maximum absolute atomic E-state index is 13.1. The highest BCUT2D eigenvalue weighted by Gasteiger charge is 2.34. The summed E-state index contributed by atoms with van der Waals surface area (Å²) in [6, 6.07) is 12.8. The summed E-state index contributed by atoms with van der Waals surface area (Å²) < 4.78 is 40.9. The summed E-state index contributed by atoms with van der Waals surface area (Å²) in [7, 11) is 1.72. The van der Waals surface area contributed by atoms with Gasteiger partial charge in [-0.1, -0.05) is 30.3 Å². The van der Waals surface area contributed by atoms with Crippen molar-refractivity contribution in [2.24, 2.45) is 7.05 Å². The van der Waals surface area contributed by atoms with E-state index in [0.29, 0.717) is 11.3 Å². The largest absolute Gasteiger partial charge is 0.417 e. The van der Waals surface area contributed by atoms with E-state index in [0.717, 1.165) is 11.6 Å². The van der Waals surface area contributed by atoms with Gasteiger partial charge in [0.05, 0.1) is 16.6 Å². The lowest BCUT2D eigenvalue weighted by molar-refractivity contribution is -0.137. The second-order valence-corrected chi connectivity index (χ2v) is 4.53. The monoisotopic (exact) mass is 276 g/mol. The van der Waals surface area contributed by atoms with Gasteiger partial charge in [0.2, 0.25) is 0 Å². The molecule has 0 unspecified atom stereocenters. The Bertz CT molecular complexity index is 772. The Hall–Kier alpha value is -2.30. The molecule has 2 aromatic carbocycles. The molecular formula is C15H11F3N2. The van der Waals surface area contributed by atoms with Crippen molar-refractivity contribution in [3.8, 4) is 11.4 Å². The average Bonchev–Trinajstić information content (AvgIpc) is 2.76. The topological polar surface area (TPSA) is 17.8 Å². The molecule has 0 aliphatic rings. The minimum atomic E-state index is -4.39. The highest BCUT2D eigenvalue weighted by atomic mass is 19.4. The van der Waals surface area contributed by atoms with Crippen molar-refractivity contribution in [1.82, 2.24) is 9.55 Å². The van der Waals surface area contributed by atoms with Gasteiger partial charge in [-0.15, -0.1) is 0 Å². The predicted octanol–water partition coefficient (Wildman–Crippen LogP) is 4.26. The molecule has 5 heteroatoms. The van der Waals surface area contributed by atoms with Gasteiger partial charge in [-0.25, -0.2) is 4.98 Å². The molecule has 2 nitrogen and oxygen atoms in total. The van der Waals surface area contributed by atoms with Crippen LogP contribution in [0.2, 0.25) is 0 Å². The molecule has 0 saturated heterocycles. The van der Waals surface area contributed by atoms with Crippen LogP contribution < -0.4 is 0 Å². The van der Waals surface area contributed by atoms with Crippen LogP contribution in [0.3, 0.4) is 0 Å². The molecule has 0 atom stereocenters. The number of nitrogens with zero attached hydrogens (tertiary/aromatic N) is 2. The van der Waals surface area contributed by atoms with Crippen molar-refractivity contribution in [1.29, 1.82) is 0 Å². The molecule has 0 amide bonds. The molecule has 0 fully saturated rings. The van der Waals surface area contributed by atoms with E-state index in [1.54, 1.807) is 23.7 Å². The lowest BCUT2D eigenvalue weighted by atomic mass is 10.1. The van der Waals surface area contributed by atoms with Gasteiger partial charge in [0, 0.05) is 12.6 Å². The Balaban J connectivity index is 2.29. The number of aromatic nitrogens is 2. The molecule has 1 aromatic heterocycles. The molecule has 0 aliphatic carbocycles. The van der Waals surface area contributed by atoms with E-state index in [-0.39, 0.29) is 5.56 Å². The first-order chi connectivity index (χ1) is 9.48. The minimum absolute atomic E-state index is 0.0960. The molecule has 1 heterocycles. The van der Waals surface area contributed by atoms with Crippen LogP contribution in [0.25, 0.3) is 22.4 Å². The van der Waals surface area contributed by atoms with E-state index in [9.17, 15) is 13.2 Å². The van der Waals surface area contributed by atoms with Gasteiger partial charge in [0.1, 0.15) is 5.82 Å². The van der Waals surface area contributed by atoms with Crippen LogP contribution in [0.5, 0.6) is 0 Å². The first-order valence-electron chi connectivity index (χ1n) is 6.06. The molecule has 0 radical (unpaired) electrons. The third-order valence-corrected chi connectivity index (χ3v) is 3.26. The summed E-state index contributed by atoms with van der Waals surface area (Å²) in [5.74, 6) is 0.319. The van der Waals surface area contributed by atoms with Crippen LogP contribution in [-0.2, 0) is 13.2 Å². The second-order valence-electron chi connectivity index (χ2n) is 4.53. The number of benzene rings is 2. The van der Waals surface area contributed by atoms with Gasteiger partial charge >= 0.3 is 6.18 Å². The molecule has 0 spiro atoms. The molecule has 102 valence electrons. The predicted molar refractivity (Wildman–Crippen MR) is 71.2 cm³/mol. The molecule has 0 N–H and O–H groups in total. The summed E-state index contributed by atoms with van der Waals surface area (Å²) in [6.07, 6.45) is -4.39. The van der Waals surface area contributed by atoms with E-state index in [4.69, 9.17) is 0 Å². The van der Waals surface area contributed by atoms with Gasteiger partial charge in [-0.2, -0.15) is 13.2 Å². The Morgan fingerprint density at radius 2 is 1.60 bits per heavy atom. The minimum Gasteiger partial charge on any atom is -0.327 e. The van der Waals surface area contributed by atoms with Crippen molar-refractivity contribution in [3.05, 3.63) is 54.1 Å². The van der Waals surface area contributed by atoms with Crippen LogP contribution in [0.15, 0.2) is 48.5 Å². The number of aryl methyl sites for hydroxylation is 1. The number of halogens is 3. The van der Waals surface area contributed by atoms with Crippen LogP contribution in [0.4, 0.5) is 13.2 Å². The standard InChI is InChI=1S/C15H11F3N2/c1-20-13-9-5-4-8-12(13)19-14(20)10-6-2-3-7-11(10)15(16,17)18/h2-9H,1H3. The van der Waals surface area contributed by atoms with Crippen LogP contribution >= 0.6 is 0 Å². The van der Waals surface area contributed by atoms with Crippen molar-refractivity contribution < 1.29 is 13.2 Å². The number of alkyl halides is 3. The fourth-order valence-electron chi connectivity index (χ4n) is 2.31. The van der Waals surface area contributed by atoms with Gasteiger partial charge in [0.25, 0.3) is 0 Å². The molecule has 0 saturated carbocycles. The van der Waals surface area contributed by atoms with E-state index >= 15 is 0 Å². The van der Waals surface area contributed by atoms with Crippen molar-refractivity contribution in [2.45, 2.75) is 6.18 Å². The average molecular weight is 276 g/mol. The van der Waals surface area contributed by atoms with Crippen LogP contribution in [-0.4, -0.2) is 9.55 Å². The maximum Gasteiger partial charge on any atom is 0.417 e. The van der Waals surface area contributed by atoms with Gasteiger partial charge in [-0.3, -0.25) is 0 Å². The third-order valence-electron chi connectivity index (χ3n) is 3.26. The molecule has 3 aromatic rings. The lowest BCUT2D eigenvalue weighted by Crippen LogP contribution is -2.08. The molecule has 20 heavy (non-hydrogen) atoms. The third kappa shape index (κ3) is 1.95. The molecule has 3 rings (SSSR count). The summed E-state index contributed by atoms with van der Waals surface area (Å²) in [5.41, 5.74) is 0.915. The number of hydrogen-bond donors (Lipinski definition) is 0. The van der Waals surface area contributed by atoms with Crippen molar-refractivity contribution in [2.75, 3.05) is 0 Å². The quantitative estimate of drug-likeness (QED) is 0.649. The molecule has 0 bridgehead atoms. The molecular weight excluding hydrogens is 265 g/mol. The van der Waals surface area contributed by atoms with Gasteiger partial charge < -0.3 is 4.57 Å². The van der Waals surface area contributed by atoms with Gasteiger partial charge in [-0.05, 0) is 18.2 Å². The maximum atomic E-state index is 13.1. The van der Waals surface area contributed by atoms with Crippen LogP contribution in [0.1, 0.15) is 5.56 Å². The number of hydrogen-bond acceptors (Lipinski definition) is 1. The zero-order chi connectivity index (χ0) is 14.3. The number of fused-ring (bicyclic) bond motifs is 1. The highest BCUT2D eigenvalue weighted by Crippen LogP contribution is 2.37. The Labute approximate surface area is 113 Å². The Morgan fingerprint density at radius 3 is 2.30 bits per heavy atom.